The van der Waals surface area contributed by atoms with E-state index in [1.165, 1.54) is 5.56 Å². The van der Waals surface area contributed by atoms with E-state index in [9.17, 15) is 4.79 Å². The van der Waals surface area contributed by atoms with Gasteiger partial charge in [0.15, 0.2) is 0 Å². The molecule has 23 heavy (non-hydrogen) atoms. The summed E-state index contributed by atoms with van der Waals surface area (Å²) in [6.07, 6.45) is 5.09. The zero-order valence-electron chi connectivity index (χ0n) is 13.3. The zero-order valence-corrected chi connectivity index (χ0v) is 13.3. The maximum absolute atomic E-state index is 12.2. The lowest BCUT2D eigenvalue weighted by atomic mass is 10.1. The van der Waals surface area contributed by atoms with Crippen molar-refractivity contribution in [1.82, 2.24) is 9.38 Å². The van der Waals surface area contributed by atoms with E-state index in [1.807, 2.05) is 47.0 Å². The molecule has 3 rings (SSSR count). The van der Waals surface area contributed by atoms with Gasteiger partial charge in [0.25, 0.3) is 0 Å². The molecule has 3 aromatic rings. The van der Waals surface area contributed by atoms with E-state index in [4.69, 9.17) is 0 Å². The second kappa shape index (κ2) is 7.09. The van der Waals surface area contributed by atoms with Gasteiger partial charge in [-0.15, -0.1) is 0 Å². The van der Waals surface area contributed by atoms with E-state index < -0.39 is 0 Å². The highest BCUT2D eigenvalue weighted by Gasteiger charge is 2.14. The molecule has 4 nitrogen and oxygen atoms in total. The van der Waals surface area contributed by atoms with Crippen molar-refractivity contribution in [3.8, 4) is 0 Å². The van der Waals surface area contributed by atoms with Crippen LogP contribution in [0.15, 0.2) is 54.7 Å². The van der Waals surface area contributed by atoms with Crippen LogP contribution in [-0.4, -0.2) is 15.3 Å². The first-order chi connectivity index (χ1) is 11.3. The predicted molar refractivity (Wildman–Crippen MR) is 92.6 cm³/mol. The fourth-order valence-corrected chi connectivity index (χ4v) is 2.62. The summed E-state index contributed by atoms with van der Waals surface area (Å²) >= 11 is 0. The minimum Gasteiger partial charge on any atom is -0.310 e. The van der Waals surface area contributed by atoms with Gasteiger partial charge in [-0.3, -0.25) is 9.20 Å². The number of nitrogens with zero attached hydrogens (tertiary/aromatic N) is 2. The molecule has 0 unspecified atom stereocenters. The van der Waals surface area contributed by atoms with Crippen molar-refractivity contribution in [2.45, 2.75) is 32.6 Å². The Morgan fingerprint density at radius 3 is 2.70 bits per heavy atom. The van der Waals surface area contributed by atoms with Gasteiger partial charge < -0.3 is 5.32 Å². The van der Waals surface area contributed by atoms with Crippen molar-refractivity contribution in [1.29, 1.82) is 0 Å². The van der Waals surface area contributed by atoms with Crippen LogP contribution >= 0.6 is 0 Å². The van der Waals surface area contributed by atoms with Crippen LogP contribution in [0.4, 0.5) is 5.82 Å². The molecule has 0 saturated heterocycles. The van der Waals surface area contributed by atoms with Crippen LogP contribution in [0, 0.1) is 0 Å². The Labute approximate surface area is 136 Å². The Morgan fingerprint density at radius 1 is 1.13 bits per heavy atom. The van der Waals surface area contributed by atoms with Crippen molar-refractivity contribution in [2.75, 3.05) is 5.32 Å². The third-order valence-electron chi connectivity index (χ3n) is 3.83. The number of carbonyl (C=O) groups is 1. The molecule has 0 aliphatic heterocycles. The molecule has 1 N–H and O–H groups in total. The molecular formula is C19H21N3O. The molecule has 0 fully saturated rings. The molecule has 0 aliphatic carbocycles. The van der Waals surface area contributed by atoms with Crippen molar-refractivity contribution >= 4 is 17.4 Å². The van der Waals surface area contributed by atoms with Gasteiger partial charge in [0.05, 0.1) is 5.69 Å². The number of nitrogens with one attached hydrogen (secondary N) is 1. The second-order valence-corrected chi connectivity index (χ2v) is 5.65. The smallest absolute Gasteiger partial charge is 0.225 e. The Kier molecular flexibility index (Phi) is 4.71. The Balaban J connectivity index is 1.93. The van der Waals surface area contributed by atoms with E-state index in [1.54, 1.807) is 0 Å². The molecule has 0 bridgehead atoms. The average molecular weight is 307 g/mol. The minimum atomic E-state index is 0.0480. The summed E-state index contributed by atoms with van der Waals surface area (Å²) in [6.45, 7) is 2.09. The topological polar surface area (TPSA) is 46.4 Å². The van der Waals surface area contributed by atoms with Crippen molar-refractivity contribution in [2.24, 2.45) is 0 Å². The number of pyridine rings is 1. The number of carbonyl (C=O) groups excluding carboxylic acids is 1. The van der Waals surface area contributed by atoms with Gasteiger partial charge in [-0.2, -0.15) is 0 Å². The summed E-state index contributed by atoms with van der Waals surface area (Å²) < 4.78 is 1.95. The maximum atomic E-state index is 12.2. The third kappa shape index (κ3) is 3.59. The van der Waals surface area contributed by atoms with Gasteiger partial charge in [-0.25, -0.2) is 4.98 Å². The number of benzene rings is 1. The molecule has 0 spiro atoms. The molecule has 1 amide bonds. The van der Waals surface area contributed by atoms with Crippen LogP contribution in [0.5, 0.6) is 0 Å². The minimum absolute atomic E-state index is 0.0480. The first-order valence-corrected chi connectivity index (χ1v) is 8.07. The lowest BCUT2D eigenvalue weighted by Gasteiger charge is -2.07. The van der Waals surface area contributed by atoms with Gasteiger partial charge in [-0.05, 0) is 24.1 Å². The number of aromatic nitrogens is 2. The molecule has 4 heteroatoms. The van der Waals surface area contributed by atoms with E-state index in [0.717, 1.165) is 30.0 Å². The molecular weight excluding hydrogens is 286 g/mol. The number of imidazole rings is 1. The van der Waals surface area contributed by atoms with Crippen LogP contribution in [0.2, 0.25) is 0 Å². The number of hydrogen-bond acceptors (Lipinski definition) is 2. The Morgan fingerprint density at radius 2 is 1.91 bits per heavy atom. The SMILES string of the molecule is CCCCC(=O)Nc1c(Cc2ccccc2)nc2ccccn12. The molecule has 0 saturated carbocycles. The van der Waals surface area contributed by atoms with E-state index in [-0.39, 0.29) is 5.91 Å². The summed E-state index contributed by atoms with van der Waals surface area (Å²) in [5.41, 5.74) is 2.93. The number of fused-ring (bicyclic) bond motifs is 1. The predicted octanol–water partition coefficient (Wildman–Crippen LogP) is 4.05. The second-order valence-electron chi connectivity index (χ2n) is 5.65. The molecule has 0 atom stereocenters. The van der Waals surface area contributed by atoms with E-state index >= 15 is 0 Å². The lowest BCUT2D eigenvalue weighted by molar-refractivity contribution is -0.116. The first kappa shape index (κ1) is 15.3. The molecule has 1 aromatic carbocycles. The van der Waals surface area contributed by atoms with Crippen LogP contribution < -0.4 is 5.32 Å². The number of anilines is 1. The number of amides is 1. The Bertz CT molecular complexity index is 793. The van der Waals surface area contributed by atoms with Crippen LogP contribution in [0.25, 0.3) is 5.65 Å². The van der Waals surface area contributed by atoms with Gasteiger partial charge >= 0.3 is 0 Å². The Hall–Kier alpha value is -2.62. The number of unbranched alkanes of at least 4 members (excludes halogenated alkanes) is 1. The van der Waals surface area contributed by atoms with E-state index in [0.29, 0.717) is 12.8 Å². The van der Waals surface area contributed by atoms with Crippen molar-refractivity contribution in [3.63, 3.8) is 0 Å². The van der Waals surface area contributed by atoms with Gasteiger partial charge in [0.1, 0.15) is 11.5 Å². The van der Waals surface area contributed by atoms with Crippen molar-refractivity contribution in [3.05, 3.63) is 66.0 Å². The zero-order chi connectivity index (χ0) is 16.1. The normalized spacial score (nSPS) is 10.8. The third-order valence-corrected chi connectivity index (χ3v) is 3.83. The maximum Gasteiger partial charge on any atom is 0.225 e. The lowest BCUT2D eigenvalue weighted by Crippen LogP contribution is -2.14. The van der Waals surface area contributed by atoms with Crippen molar-refractivity contribution < 1.29 is 4.79 Å². The number of hydrogen-bond donors (Lipinski definition) is 1. The monoisotopic (exact) mass is 307 g/mol. The molecule has 0 aliphatic rings. The fourth-order valence-electron chi connectivity index (χ4n) is 2.62. The molecule has 2 aromatic heterocycles. The molecule has 118 valence electrons. The van der Waals surface area contributed by atoms with Crippen LogP contribution in [0.3, 0.4) is 0 Å². The summed E-state index contributed by atoms with van der Waals surface area (Å²) in [5.74, 6) is 0.831. The van der Waals surface area contributed by atoms with Gasteiger partial charge in [-0.1, -0.05) is 49.7 Å². The molecule has 0 radical (unpaired) electrons. The summed E-state index contributed by atoms with van der Waals surface area (Å²) in [4.78, 5) is 16.9. The van der Waals surface area contributed by atoms with E-state index in [2.05, 4.69) is 29.4 Å². The quantitative estimate of drug-likeness (QED) is 0.746. The fraction of sp³-hybridized carbons (Fsp3) is 0.263. The van der Waals surface area contributed by atoms with Crippen LogP contribution in [0.1, 0.15) is 37.4 Å². The molecule has 2 heterocycles. The van der Waals surface area contributed by atoms with Gasteiger partial charge in [0.2, 0.25) is 5.91 Å². The summed E-state index contributed by atoms with van der Waals surface area (Å²) in [5, 5.41) is 3.05. The highest BCUT2D eigenvalue weighted by Crippen LogP contribution is 2.21. The van der Waals surface area contributed by atoms with Crippen LogP contribution in [-0.2, 0) is 11.2 Å². The number of rotatable bonds is 6. The largest absolute Gasteiger partial charge is 0.310 e. The summed E-state index contributed by atoms with van der Waals surface area (Å²) in [7, 11) is 0. The summed E-state index contributed by atoms with van der Waals surface area (Å²) in [6, 6.07) is 16.0. The highest BCUT2D eigenvalue weighted by molar-refractivity contribution is 5.91. The van der Waals surface area contributed by atoms with Gasteiger partial charge in [0, 0.05) is 19.0 Å². The first-order valence-electron chi connectivity index (χ1n) is 8.07. The standard InChI is InChI=1S/C19H21N3O/c1-2-3-12-18(23)21-19-16(14-15-9-5-4-6-10-15)20-17-11-7-8-13-22(17)19/h4-11,13H,2-3,12,14H2,1H3,(H,21,23). The average Bonchev–Trinajstić information content (AvgIpc) is 2.91. The highest BCUT2D eigenvalue weighted by atomic mass is 16.1.